The largest absolute Gasteiger partial charge is 0.323 e. The highest BCUT2D eigenvalue weighted by molar-refractivity contribution is 7.92. The molecule has 3 nitrogen and oxygen atoms in total. The molecule has 4 heteroatoms. The summed E-state index contributed by atoms with van der Waals surface area (Å²) in [5.41, 5.74) is 8.25. The van der Waals surface area contributed by atoms with Crippen LogP contribution in [0.1, 0.15) is 51.3 Å². The minimum Gasteiger partial charge on any atom is -0.323 e. The van der Waals surface area contributed by atoms with Crippen molar-refractivity contribution in [3.63, 3.8) is 0 Å². The summed E-state index contributed by atoms with van der Waals surface area (Å²) in [6, 6.07) is 7.43. The Morgan fingerprint density at radius 3 is 2.05 bits per heavy atom. The zero-order valence-electron chi connectivity index (χ0n) is 12.3. The van der Waals surface area contributed by atoms with E-state index in [9.17, 15) is 8.42 Å². The van der Waals surface area contributed by atoms with Crippen LogP contribution in [0.15, 0.2) is 24.3 Å². The van der Waals surface area contributed by atoms with Crippen LogP contribution in [0.5, 0.6) is 0 Å². The number of nitrogens with two attached hydrogens (primary N) is 1. The Hall–Kier alpha value is -0.870. The van der Waals surface area contributed by atoms with Crippen LogP contribution in [0.2, 0.25) is 0 Å². The molecule has 0 aliphatic heterocycles. The van der Waals surface area contributed by atoms with Gasteiger partial charge in [0.2, 0.25) is 0 Å². The van der Waals surface area contributed by atoms with Crippen LogP contribution < -0.4 is 5.73 Å². The molecule has 0 saturated carbocycles. The summed E-state index contributed by atoms with van der Waals surface area (Å²) >= 11 is 0. The van der Waals surface area contributed by atoms with Crippen LogP contribution in [0.3, 0.4) is 0 Å². The summed E-state index contributed by atoms with van der Waals surface area (Å²) in [4.78, 5) is 0. The van der Waals surface area contributed by atoms with Crippen molar-refractivity contribution in [1.82, 2.24) is 0 Å². The number of aryl methyl sites for hydroxylation is 1. The third-order valence-corrected chi connectivity index (χ3v) is 6.72. The molecule has 0 saturated heterocycles. The van der Waals surface area contributed by atoms with Gasteiger partial charge in [0.05, 0.1) is 10.5 Å². The molecule has 1 aromatic rings. The van der Waals surface area contributed by atoms with Crippen LogP contribution in [-0.4, -0.2) is 18.9 Å². The van der Waals surface area contributed by atoms with Crippen molar-refractivity contribution >= 4 is 9.84 Å². The molecule has 0 aliphatic carbocycles. The smallest absolute Gasteiger partial charge is 0.157 e. The lowest BCUT2D eigenvalue weighted by Gasteiger charge is -2.23. The summed E-state index contributed by atoms with van der Waals surface area (Å²) in [7, 11) is -3.18. The number of hydrogen-bond donors (Lipinski definition) is 1. The molecule has 0 amide bonds. The van der Waals surface area contributed by atoms with Crippen molar-refractivity contribution in [2.24, 2.45) is 5.73 Å². The Kier molecular flexibility index (Phi) is 5.56. The molecule has 108 valence electrons. The quantitative estimate of drug-likeness (QED) is 0.873. The Bertz CT molecular complexity index is 493. The molecular formula is C15H25NO2S. The van der Waals surface area contributed by atoms with Crippen LogP contribution in [0.25, 0.3) is 0 Å². The second-order valence-corrected chi connectivity index (χ2v) is 7.86. The third kappa shape index (κ3) is 3.57. The van der Waals surface area contributed by atoms with Gasteiger partial charge in [-0.25, -0.2) is 8.42 Å². The van der Waals surface area contributed by atoms with Gasteiger partial charge >= 0.3 is 0 Å². The van der Waals surface area contributed by atoms with E-state index in [0.717, 1.165) is 12.0 Å². The summed E-state index contributed by atoms with van der Waals surface area (Å²) < 4.78 is 24.6. The first kappa shape index (κ1) is 16.2. The van der Waals surface area contributed by atoms with Crippen molar-refractivity contribution in [2.45, 2.75) is 57.1 Å². The molecule has 3 atom stereocenters. The first-order valence-corrected chi connectivity index (χ1v) is 8.52. The average Bonchev–Trinajstić information content (AvgIpc) is 2.44. The van der Waals surface area contributed by atoms with Gasteiger partial charge in [-0.05, 0) is 37.8 Å². The first-order chi connectivity index (χ1) is 8.84. The van der Waals surface area contributed by atoms with E-state index in [1.807, 2.05) is 31.2 Å². The van der Waals surface area contributed by atoms with Crippen molar-refractivity contribution in [3.8, 4) is 0 Å². The van der Waals surface area contributed by atoms with Crippen molar-refractivity contribution in [1.29, 1.82) is 0 Å². The Morgan fingerprint density at radius 2 is 1.63 bits per heavy atom. The predicted octanol–water partition coefficient (Wildman–Crippen LogP) is 2.85. The highest BCUT2D eigenvalue weighted by atomic mass is 32.2. The third-order valence-electron chi connectivity index (χ3n) is 3.93. The van der Waals surface area contributed by atoms with Crippen LogP contribution in [-0.2, 0) is 16.3 Å². The number of sulfone groups is 1. The molecule has 0 aliphatic rings. The fourth-order valence-electron chi connectivity index (χ4n) is 2.05. The summed E-state index contributed by atoms with van der Waals surface area (Å²) in [5.74, 6) is 0. The maximum absolute atomic E-state index is 12.3. The highest BCUT2D eigenvalue weighted by Gasteiger charge is 2.31. The average molecular weight is 283 g/mol. The molecule has 2 N–H and O–H groups in total. The fraction of sp³-hybridized carbons (Fsp3) is 0.600. The van der Waals surface area contributed by atoms with Gasteiger partial charge in [-0.3, -0.25) is 0 Å². The van der Waals surface area contributed by atoms with Gasteiger partial charge in [-0.1, -0.05) is 38.1 Å². The Balaban J connectivity index is 2.95. The lowest BCUT2D eigenvalue weighted by molar-refractivity contribution is 0.550. The molecule has 0 radical (unpaired) electrons. The van der Waals surface area contributed by atoms with Gasteiger partial charge < -0.3 is 5.73 Å². The van der Waals surface area contributed by atoms with Gasteiger partial charge in [0, 0.05) is 6.04 Å². The molecule has 0 spiro atoms. The van der Waals surface area contributed by atoms with Gasteiger partial charge in [0.1, 0.15) is 0 Å². The molecule has 1 aromatic carbocycles. The topological polar surface area (TPSA) is 60.2 Å². The molecule has 0 aromatic heterocycles. The maximum atomic E-state index is 12.3. The lowest BCUT2D eigenvalue weighted by atomic mass is 10.0. The van der Waals surface area contributed by atoms with E-state index in [-0.39, 0.29) is 5.25 Å². The van der Waals surface area contributed by atoms with Gasteiger partial charge in [0.25, 0.3) is 0 Å². The number of hydrogen-bond acceptors (Lipinski definition) is 3. The van der Waals surface area contributed by atoms with E-state index >= 15 is 0 Å². The van der Waals surface area contributed by atoms with Crippen LogP contribution >= 0.6 is 0 Å². The molecular weight excluding hydrogens is 258 g/mol. The second-order valence-electron chi connectivity index (χ2n) is 5.13. The number of benzene rings is 1. The van der Waals surface area contributed by atoms with Crippen molar-refractivity contribution in [3.05, 3.63) is 35.4 Å². The minimum atomic E-state index is -3.18. The second kappa shape index (κ2) is 6.53. The van der Waals surface area contributed by atoms with Crippen LogP contribution in [0, 0.1) is 0 Å². The Labute approximate surface area is 117 Å². The molecule has 1 rings (SSSR count). The molecule has 3 unspecified atom stereocenters. The first-order valence-electron chi connectivity index (χ1n) is 6.91. The molecule has 0 fully saturated rings. The maximum Gasteiger partial charge on any atom is 0.157 e. The monoisotopic (exact) mass is 283 g/mol. The lowest BCUT2D eigenvalue weighted by Crippen LogP contribution is -2.36. The molecule has 0 bridgehead atoms. The van der Waals surface area contributed by atoms with Crippen molar-refractivity contribution < 1.29 is 8.42 Å². The molecule has 19 heavy (non-hydrogen) atoms. The normalized spacial score (nSPS) is 16.9. The van der Waals surface area contributed by atoms with E-state index in [4.69, 9.17) is 5.73 Å². The fourth-order valence-corrected chi connectivity index (χ4v) is 3.81. The zero-order valence-corrected chi connectivity index (χ0v) is 13.1. The zero-order chi connectivity index (χ0) is 14.6. The minimum absolute atomic E-state index is 0.344. The number of rotatable bonds is 6. The van der Waals surface area contributed by atoms with Crippen molar-refractivity contribution in [2.75, 3.05) is 0 Å². The van der Waals surface area contributed by atoms with E-state index in [1.54, 1.807) is 13.8 Å². The van der Waals surface area contributed by atoms with E-state index in [0.29, 0.717) is 6.42 Å². The van der Waals surface area contributed by atoms with E-state index in [2.05, 4.69) is 6.92 Å². The SMILES string of the molecule is CCc1ccc(C(N)C(C)S(=O)(=O)C(C)CC)cc1. The summed E-state index contributed by atoms with van der Waals surface area (Å²) in [6.45, 7) is 7.43. The van der Waals surface area contributed by atoms with Crippen LogP contribution in [0.4, 0.5) is 0 Å². The molecule has 0 heterocycles. The van der Waals surface area contributed by atoms with Gasteiger partial charge in [-0.2, -0.15) is 0 Å². The highest BCUT2D eigenvalue weighted by Crippen LogP contribution is 2.24. The Morgan fingerprint density at radius 1 is 1.11 bits per heavy atom. The summed E-state index contributed by atoms with van der Waals surface area (Å²) in [5, 5.41) is -0.904. The van der Waals surface area contributed by atoms with Gasteiger partial charge in [0.15, 0.2) is 9.84 Å². The summed E-state index contributed by atoms with van der Waals surface area (Å²) in [6.07, 6.45) is 1.59. The van der Waals surface area contributed by atoms with E-state index < -0.39 is 21.1 Å². The predicted molar refractivity (Wildman–Crippen MR) is 80.9 cm³/mol. The van der Waals surface area contributed by atoms with Gasteiger partial charge in [-0.15, -0.1) is 0 Å². The standard InChI is InChI=1S/C15H25NO2S/c1-5-11(3)19(17,18)12(4)15(16)14-9-7-13(6-2)8-10-14/h7-12,15H,5-6,16H2,1-4H3. The van der Waals surface area contributed by atoms with E-state index in [1.165, 1.54) is 5.56 Å².